The lowest BCUT2D eigenvalue weighted by Crippen LogP contribution is -2.22. The smallest absolute Gasteiger partial charge is 0.155 e. The number of hydrogen-bond acceptors (Lipinski definition) is 4. The highest BCUT2D eigenvalue weighted by molar-refractivity contribution is 7.91. The zero-order valence-electron chi connectivity index (χ0n) is 11.4. The van der Waals surface area contributed by atoms with Crippen LogP contribution in [0.15, 0.2) is 12.1 Å². The third-order valence-electron chi connectivity index (χ3n) is 2.78. The van der Waals surface area contributed by atoms with Crippen molar-refractivity contribution in [2.45, 2.75) is 32.9 Å². The van der Waals surface area contributed by atoms with Crippen LogP contribution >= 0.6 is 0 Å². The summed E-state index contributed by atoms with van der Waals surface area (Å²) >= 11 is 0. The standard InChI is InChI=1S/C13H21NO3S/c1-9(2)18(15,16)6-5-17-13-11(4)7-10(3)8-12(13)14/h7-9H,5-6,14H2,1-4H3. The number of nitrogen functional groups attached to an aromatic ring is 1. The molecule has 0 radical (unpaired) electrons. The van der Waals surface area contributed by atoms with Gasteiger partial charge in [0.05, 0.1) is 16.7 Å². The van der Waals surface area contributed by atoms with E-state index in [4.69, 9.17) is 10.5 Å². The lowest BCUT2D eigenvalue weighted by molar-refractivity contribution is 0.340. The Bertz CT molecular complexity index is 498. The van der Waals surface area contributed by atoms with Gasteiger partial charge >= 0.3 is 0 Å². The van der Waals surface area contributed by atoms with Crippen LogP contribution in [-0.4, -0.2) is 26.0 Å². The molecule has 1 aromatic carbocycles. The lowest BCUT2D eigenvalue weighted by atomic mass is 10.1. The van der Waals surface area contributed by atoms with E-state index in [1.54, 1.807) is 13.8 Å². The van der Waals surface area contributed by atoms with Crippen molar-refractivity contribution in [3.05, 3.63) is 23.3 Å². The van der Waals surface area contributed by atoms with Crippen LogP contribution in [0.5, 0.6) is 5.75 Å². The molecule has 0 amide bonds. The molecule has 0 unspecified atom stereocenters. The fourth-order valence-electron chi connectivity index (χ4n) is 1.68. The molecule has 102 valence electrons. The highest BCUT2D eigenvalue weighted by atomic mass is 32.2. The Hall–Kier alpha value is -1.23. The molecule has 2 N–H and O–H groups in total. The minimum absolute atomic E-state index is 0.0113. The van der Waals surface area contributed by atoms with Gasteiger partial charge in [-0.25, -0.2) is 8.42 Å². The predicted octanol–water partition coefficient (Wildman–Crippen LogP) is 2.09. The number of ether oxygens (including phenoxy) is 1. The fourth-order valence-corrected chi connectivity index (χ4v) is 2.47. The number of aryl methyl sites for hydroxylation is 2. The van der Waals surface area contributed by atoms with Crippen molar-refractivity contribution in [2.24, 2.45) is 0 Å². The largest absolute Gasteiger partial charge is 0.490 e. The number of nitrogens with two attached hydrogens (primary N) is 1. The Labute approximate surface area is 109 Å². The molecular weight excluding hydrogens is 250 g/mol. The molecule has 0 aliphatic carbocycles. The molecule has 0 spiro atoms. The van der Waals surface area contributed by atoms with Crippen LogP contribution in [0.4, 0.5) is 5.69 Å². The second-order valence-corrected chi connectivity index (χ2v) is 7.44. The number of anilines is 1. The molecule has 5 heteroatoms. The minimum Gasteiger partial charge on any atom is -0.490 e. The summed E-state index contributed by atoms with van der Waals surface area (Å²) in [6, 6.07) is 3.78. The van der Waals surface area contributed by atoms with Gasteiger partial charge < -0.3 is 10.5 Å². The Morgan fingerprint density at radius 1 is 1.28 bits per heavy atom. The molecule has 0 aliphatic heterocycles. The Morgan fingerprint density at radius 2 is 1.89 bits per heavy atom. The van der Waals surface area contributed by atoms with Gasteiger partial charge in [-0.05, 0) is 44.9 Å². The van der Waals surface area contributed by atoms with Gasteiger partial charge in [0, 0.05) is 0 Å². The first-order valence-electron chi connectivity index (χ1n) is 5.95. The van der Waals surface area contributed by atoms with Crippen molar-refractivity contribution in [1.82, 2.24) is 0 Å². The third kappa shape index (κ3) is 3.63. The van der Waals surface area contributed by atoms with Gasteiger partial charge in [-0.15, -0.1) is 0 Å². The van der Waals surface area contributed by atoms with E-state index in [1.165, 1.54) is 0 Å². The average Bonchev–Trinajstić information content (AvgIpc) is 2.21. The highest BCUT2D eigenvalue weighted by Crippen LogP contribution is 2.27. The average molecular weight is 271 g/mol. The first kappa shape index (κ1) is 14.8. The van der Waals surface area contributed by atoms with Gasteiger partial charge in [0.1, 0.15) is 12.4 Å². The maximum atomic E-state index is 11.6. The SMILES string of the molecule is Cc1cc(C)c(OCCS(=O)(=O)C(C)C)c(N)c1. The normalized spacial score (nSPS) is 11.8. The van der Waals surface area contributed by atoms with E-state index < -0.39 is 9.84 Å². The second-order valence-electron chi connectivity index (χ2n) is 4.76. The van der Waals surface area contributed by atoms with Crippen molar-refractivity contribution in [2.75, 3.05) is 18.1 Å². The van der Waals surface area contributed by atoms with Crippen molar-refractivity contribution in [3.63, 3.8) is 0 Å². The number of benzene rings is 1. The Kier molecular flexibility index (Phi) is 4.62. The molecule has 0 aliphatic rings. The maximum Gasteiger partial charge on any atom is 0.155 e. The van der Waals surface area contributed by atoms with E-state index in [9.17, 15) is 8.42 Å². The summed E-state index contributed by atoms with van der Waals surface area (Å²) in [5.41, 5.74) is 8.40. The van der Waals surface area contributed by atoms with Crippen molar-refractivity contribution in [3.8, 4) is 5.75 Å². The first-order chi connectivity index (χ1) is 8.24. The van der Waals surface area contributed by atoms with Crippen LogP contribution in [0, 0.1) is 13.8 Å². The van der Waals surface area contributed by atoms with E-state index >= 15 is 0 Å². The van der Waals surface area contributed by atoms with Gasteiger partial charge in [-0.1, -0.05) is 6.07 Å². The van der Waals surface area contributed by atoms with Crippen molar-refractivity contribution < 1.29 is 13.2 Å². The summed E-state index contributed by atoms with van der Waals surface area (Å²) in [6.45, 7) is 7.32. The quantitative estimate of drug-likeness (QED) is 0.832. The van der Waals surface area contributed by atoms with E-state index in [-0.39, 0.29) is 17.6 Å². The molecular formula is C13H21NO3S. The van der Waals surface area contributed by atoms with Crippen LogP contribution < -0.4 is 10.5 Å². The molecule has 18 heavy (non-hydrogen) atoms. The molecule has 1 aromatic rings. The first-order valence-corrected chi connectivity index (χ1v) is 7.66. The molecule has 0 heterocycles. The topological polar surface area (TPSA) is 69.4 Å². The summed E-state index contributed by atoms with van der Waals surface area (Å²) in [6.07, 6.45) is 0. The van der Waals surface area contributed by atoms with Gasteiger partial charge in [0.2, 0.25) is 0 Å². The van der Waals surface area contributed by atoms with Gasteiger partial charge in [-0.2, -0.15) is 0 Å². The highest BCUT2D eigenvalue weighted by Gasteiger charge is 2.16. The molecule has 0 atom stereocenters. The van der Waals surface area contributed by atoms with E-state index in [0.29, 0.717) is 11.4 Å². The summed E-state index contributed by atoms with van der Waals surface area (Å²) in [5, 5.41) is -0.377. The number of rotatable bonds is 5. The van der Waals surface area contributed by atoms with Gasteiger partial charge in [0.15, 0.2) is 9.84 Å². The van der Waals surface area contributed by atoms with Crippen molar-refractivity contribution >= 4 is 15.5 Å². The van der Waals surface area contributed by atoms with Crippen LogP contribution in [0.1, 0.15) is 25.0 Å². The zero-order valence-corrected chi connectivity index (χ0v) is 12.2. The summed E-state index contributed by atoms with van der Waals surface area (Å²) in [4.78, 5) is 0. The van der Waals surface area contributed by atoms with Crippen LogP contribution in [-0.2, 0) is 9.84 Å². The van der Waals surface area contributed by atoms with Gasteiger partial charge in [-0.3, -0.25) is 0 Å². The number of sulfone groups is 1. The fraction of sp³-hybridized carbons (Fsp3) is 0.538. The molecule has 4 nitrogen and oxygen atoms in total. The van der Waals surface area contributed by atoms with E-state index in [2.05, 4.69) is 0 Å². The van der Waals surface area contributed by atoms with E-state index in [1.807, 2.05) is 26.0 Å². The summed E-state index contributed by atoms with van der Waals surface area (Å²) in [5.74, 6) is 0.594. The third-order valence-corrected chi connectivity index (χ3v) is 4.95. The molecule has 0 saturated heterocycles. The molecule has 0 bridgehead atoms. The lowest BCUT2D eigenvalue weighted by Gasteiger charge is -2.13. The van der Waals surface area contributed by atoms with Gasteiger partial charge in [0.25, 0.3) is 0 Å². The van der Waals surface area contributed by atoms with Crippen molar-refractivity contribution in [1.29, 1.82) is 0 Å². The summed E-state index contributed by atoms with van der Waals surface area (Å²) < 4.78 is 28.8. The van der Waals surface area contributed by atoms with Crippen LogP contribution in [0.3, 0.4) is 0 Å². The Balaban J connectivity index is 2.71. The van der Waals surface area contributed by atoms with E-state index in [0.717, 1.165) is 11.1 Å². The van der Waals surface area contributed by atoms with Crippen LogP contribution in [0.2, 0.25) is 0 Å². The molecule has 0 fully saturated rings. The predicted molar refractivity (Wildman–Crippen MR) is 74.7 cm³/mol. The molecule has 0 saturated carbocycles. The summed E-state index contributed by atoms with van der Waals surface area (Å²) in [7, 11) is -3.07. The number of hydrogen-bond donors (Lipinski definition) is 1. The minimum atomic E-state index is -3.07. The Morgan fingerprint density at radius 3 is 2.39 bits per heavy atom. The zero-order chi connectivity index (χ0) is 13.9. The molecule has 0 aromatic heterocycles. The molecule has 1 rings (SSSR count). The maximum absolute atomic E-state index is 11.6. The second kappa shape index (κ2) is 5.61. The van der Waals surface area contributed by atoms with Crippen LogP contribution in [0.25, 0.3) is 0 Å². The monoisotopic (exact) mass is 271 g/mol.